The molecule has 1 rings (SSSR count). The Hall–Kier alpha value is -1.32. The Balaban J connectivity index is 2.58. The molecule has 0 aromatic rings. The second-order valence-electron chi connectivity index (χ2n) is 3.62. The Morgan fingerprint density at radius 2 is 2.33 bits per heavy atom. The highest BCUT2D eigenvalue weighted by atomic mass is 16.7. The monoisotopic (exact) mass is 212 g/mol. The second-order valence-corrected chi connectivity index (χ2v) is 3.62. The summed E-state index contributed by atoms with van der Waals surface area (Å²) in [6.45, 7) is 3.94. The molecule has 84 valence electrons. The molecule has 4 nitrogen and oxygen atoms in total. The molecule has 0 aromatic heterocycles. The lowest BCUT2D eigenvalue weighted by molar-refractivity contribution is -0.116. The molecule has 1 aliphatic rings. The smallest absolute Gasteiger partial charge is 0.435 e. The van der Waals surface area contributed by atoms with Gasteiger partial charge in [0.25, 0.3) is 0 Å². The van der Waals surface area contributed by atoms with Gasteiger partial charge < -0.3 is 14.3 Å². The Bertz CT molecular complexity index is 259. The molecule has 0 fully saturated rings. The number of carbonyl (C=O) groups excluding carboxylic acids is 2. The first-order valence-corrected chi connectivity index (χ1v) is 5.14. The van der Waals surface area contributed by atoms with Gasteiger partial charge in [-0.15, -0.1) is 0 Å². The van der Waals surface area contributed by atoms with E-state index in [4.69, 9.17) is 4.74 Å². The molecule has 0 heterocycles. The van der Waals surface area contributed by atoms with Crippen molar-refractivity contribution in [1.29, 1.82) is 0 Å². The fourth-order valence-electron chi connectivity index (χ4n) is 1.63. The summed E-state index contributed by atoms with van der Waals surface area (Å²) in [6.07, 6.45) is 4.16. The van der Waals surface area contributed by atoms with Gasteiger partial charge in [-0.25, -0.2) is 4.79 Å². The molecule has 3 atom stereocenters. The van der Waals surface area contributed by atoms with Crippen molar-refractivity contribution < 1.29 is 19.1 Å². The van der Waals surface area contributed by atoms with E-state index in [0.717, 1.165) is 12.7 Å². The Morgan fingerprint density at radius 1 is 1.60 bits per heavy atom. The molecule has 0 aromatic carbocycles. The predicted molar refractivity (Wildman–Crippen MR) is 54.4 cm³/mol. The van der Waals surface area contributed by atoms with Crippen LogP contribution in [0.15, 0.2) is 12.2 Å². The lowest BCUT2D eigenvalue weighted by atomic mass is 9.83. The molecular formula is C11H16O4. The Kier molecular flexibility index (Phi) is 4.34. The Labute approximate surface area is 89.2 Å². The van der Waals surface area contributed by atoms with Crippen molar-refractivity contribution in [3.05, 3.63) is 12.2 Å². The SMILES string of the molecule is CCOC(=O)OC1C=CCC(C)C1C=O. The number of allylic oxidation sites excluding steroid dienone is 1. The minimum absolute atomic E-state index is 0.201. The van der Waals surface area contributed by atoms with Gasteiger partial charge in [-0.05, 0) is 25.3 Å². The van der Waals surface area contributed by atoms with E-state index in [1.165, 1.54) is 0 Å². The van der Waals surface area contributed by atoms with Crippen molar-refractivity contribution in [2.75, 3.05) is 6.61 Å². The molecule has 0 amide bonds. The molecule has 0 N–H and O–H groups in total. The number of rotatable bonds is 3. The molecule has 0 radical (unpaired) electrons. The molecular weight excluding hydrogens is 196 g/mol. The van der Waals surface area contributed by atoms with E-state index < -0.39 is 12.3 Å². The third-order valence-electron chi connectivity index (χ3n) is 2.52. The van der Waals surface area contributed by atoms with Gasteiger partial charge in [-0.3, -0.25) is 0 Å². The average Bonchev–Trinajstić information content (AvgIpc) is 2.18. The number of hydrogen-bond acceptors (Lipinski definition) is 4. The summed E-state index contributed by atoms with van der Waals surface area (Å²) in [5, 5.41) is 0. The largest absolute Gasteiger partial charge is 0.508 e. The maximum atomic E-state index is 11.1. The standard InChI is InChI=1S/C11H16O4/c1-3-14-11(13)15-10-6-4-5-8(2)9(10)7-12/h4,6-10H,3,5H2,1-2H3. The van der Waals surface area contributed by atoms with Crippen LogP contribution in [0.5, 0.6) is 0 Å². The van der Waals surface area contributed by atoms with Gasteiger partial charge in [-0.2, -0.15) is 0 Å². The van der Waals surface area contributed by atoms with E-state index in [9.17, 15) is 9.59 Å². The summed E-state index contributed by atoms with van der Waals surface area (Å²) in [4.78, 5) is 21.9. The zero-order chi connectivity index (χ0) is 11.3. The molecule has 0 aliphatic heterocycles. The molecule has 0 spiro atoms. The highest BCUT2D eigenvalue weighted by molar-refractivity contribution is 5.62. The quantitative estimate of drug-likeness (QED) is 0.407. The van der Waals surface area contributed by atoms with Crippen molar-refractivity contribution in [2.45, 2.75) is 26.4 Å². The minimum Gasteiger partial charge on any atom is -0.435 e. The zero-order valence-electron chi connectivity index (χ0n) is 9.01. The molecule has 1 aliphatic carbocycles. The maximum absolute atomic E-state index is 11.1. The molecule has 0 saturated carbocycles. The van der Waals surface area contributed by atoms with E-state index in [2.05, 4.69) is 4.74 Å². The zero-order valence-corrected chi connectivity index (χ0v) is 9.01. The third-order valence-corrected chi connectivity index (χ3v) is 2.52. The maximum Gasteiger partial charge on any atom is 0.508 e. The van der Waals surface area contributed by atoms with Crippen molar-refractivity contribution in [3.63, 3.8) is 0 Å². The van der Waals surface area contributed by atoms with Gasteiger partial charge in [0.2, 0.25) is 0 Å². The summed E-state index contributed by atoms with van der Waals surface area (Å²) >= 11 is 0. The third kappa shape index (κ3) is 3.08. The van der Waals surface area contributed by atoms with Crippen LogP contribution in [0.1, 0.15) is 20.3 Å². The van der Waals surface area contributed by atoms with Crippen LogP contribution in [-0.4, -0.2) is 25.2 Å². The predicted octanol–water partition coefficient (Wildman–Crippen LogP) is 1.94. The normalized spacial score (nSPS) is 29.6. The van der Waals surface area contributed by atoms with Gasteiger partial charge in [-0.1, -0.05) is 13.0 Å². The summed E-state index contributed by atoms with van der Waals surface area (Å²) in [7, 11) is 0. The average molecular weight is 212 g/mol. The number of aldehydes is 1. The van der Waals surface area contributed by atoms with E-state index >= 15 is 0 Å². The second kappa shape index (κ2) is 5.53. The molecule has 4 heteroatoms. The first kappa shape index (κ1) is 11.8. The van der Waals surface area contributed by atoms with Crippen molar-refractivity contribution in [3.8, 4) is 0 Å². The van der Waals surface area contributed by atoms with Crippen LogP contribution in [-0.2, 0) is 14.3 Å². The molecule has 0 bridgehead atoms. The summed E-state index contributed by atoms with van der Waals surface area (Å²) in [5.74, 6) is -0.0636. The Morgan fingerprint density at radius 3 is 2.93 bits per heavy atom. The summed E-state index contributed by atoms with van der Waals surface area (Å²) in [5.41, 5.74) is 0. The molecule has 15 heavy (non-hydrogen) atoms. The van der Waals surface area contributed by atoms with Crippen LogP contribution in [0.2, 0.25) is 0 Å². The summed E-state index contributed by atoms with van der Waals surface area (Å²) < 4.78 is 9.69. The fourth-order valence-corrected chi connectivity index (χ4v) is 1.63. The molecule has 3 unspecified atom stereocenters. The van der Waals surface area contributed by atoms with Crippen molar-refractivity contribution in [2.24, 2.45) is 11.8 Å². The van der Waals surface area contributed by atoms with Gasteiger partial charge in [0.1, 0.15) is 12.4 Å². The lowest BCUT2D eigenvalue weighted by Gasteiger charge is -2.27. The minimum atomic E-state index is -0.715. The first-order valence-electron chi connectivity index (χ1n) is 5.14. The van der Waals surface area contributed by atoms with Crippen molar-refractivity contribution in [1.82, 2.24) is 0 Å². The van der Waals surface area contributed by atoms with Crippen LogP contribution < -0.4 is 0 Å². The van der Waals surface area contributed by atoms with Crippen molar-refractivity contribution >= 4 is 12.4 Å². The van der Waals surface area contributed by atoms with Gasteiger partial charge in [0, 0.05) is 0 Å². The van der Waals surface area contributed by atoms with E-state index in [-0.39, 0.29) is 18.4 Å². The van der Waals surface area contributed by atoms with Gasteiger partial charge >= 0.3 is 6.16 Å². The summed E-state index contributed by atoms with van der Waals surface area (Å²) in [6, 6.07) is 0. The van der Waals surface area contributed by atoms with Crippen LogP contribution in [0.3, 0.4) is 0 Å². The van der Waals surface area contributed by atoms with E-state index in [1.807, 2.05) is 13.0 Å². The fraction of sp³-hybridized carbons (Fsp3) is 0.636. The number of carbonyl (C=O) groups is 2. The molecule has 0 saturated heterocycles. The number of ether oxygens (including phenoxy) is 2. The van der Waals surface area contributed by atoms with Crippen LogP contribution >= 0.6 is 0 Å². The van der Waals surface area contributed by atoms with E-state index in [0.29, 0.717) is 0 Å². The van der Waals surface area contributed by atoms with Gasteiger partial charge in [0.15, 0.2) is 0 Å². The van der Waals surface area contributed by atoms with Gasteiger partial charge in [0.05, 0.1) is 12.5 Å². The number of hydrogen-bond donors (Lipinski definition) is 0. The van der Waals surface area contributed by atoms with E-state index in [1.54, 1.807) is 13.0 Å². The lowest BCUT2D eigenvalue weighted by Crippen LogP contribution is -2.33. The van der Waals surface area contributed by atoms with Crippen LogP contribution in [0.25, 0.3) is 0 Å². The topological polar surface area (TPSA) is 52.6 Å². The highest BCUT2D eigenvalue weighted by Crippen LogP contribution is 2.26. The first-order chi connectivity index (χ1) is 7.19. The highest BCUT2D eigenvalue weighted by Gasteiger charge is 2.30. The van der Waals surface area contributed by atoms with Crippen LogP contribution in [0.4, 0.5) is 4.79 Å². The van der Waals surface area contributed by atoms with Crippen LogP contribution in [0, 0.1) is 11.8 Å².